The number of hydrogen-bond donors (Lipinski definition) is 1. The van der Waals surface area contributed by atoms with Crippen LogP contribution in [0, 0.1) is 11.7 Å². The Morgan fingerprint density at radius 3 is 3.00 bits per heavy atom. The third-order valence-electron chi connectivity index (χ3n) is 6.49. The summed E-state index contributed by atoms with van der Waals surface area (Å²) in [5, 5.41) is 4.14. The Morgan fingerprint density at radius 2 is 2.12 bits per heavy atom. The highest BCUT2D eigenvalue weighted by molar-refractivity contribution is 7.19. The van der Waals surface area contributed by atoms with Crippen LogP contribution in [0.15, 0.2) is 23.5 Å². The topological polar surface area (TPSA) is 79.7 Å². The number of fused-ring (bicyclic) bond motifs is 4. The molecule has 32 heavy (non-hydrogen) atoms. The van der Waals surface area contributed by atoms with Crippen molar-refractivity contribution in [2.45, 2.75) is 25.8 Å². The van der Waals surface area contributed by atoms with Crippen LogP contribution in [-0.4, -0.2) is 53.3 Å². The van der Waals surface area contributed by atoms with Gasteiger partial charge in [-0.1, -0.05) is 0 Å². The zero-order chi connectivity index (χ0) is 21.7. The highest BCUT2D eigenvalue weighted by atomic mass is 32.1. The Labute approximate surface area is 188 Å². The van der Waals surface area contributed by atoms with E-state index in [-0.39, 0.29) is 17.6 Å². The molecule has 1 aliphatic carbocycles. The van der Waals surface area contributed by atoms with Gasteiger partial charge in [-0.3, -0.25) is 9.79 Å². The number of ether oxygens (including phenoxy) is 1. The van der Waals surface area contributed by atoms with Crippen LogP contribution in [-0.2, 0) is 28.9 Å². The van der Waals surface area contributed by atoms with Crippen LogP contribution in [0.25, 0.3) is 10.2 Å². The number of rotatable bonds is 3. The zero-order valence-corrected chi connectivity index (χ0v) is 18.3. The fourth-order valence-corrected chi connectivity index (χ4v) is 6.08. The number of thiophene rings is 1. The highest BCUT2D eigenvalue weighted by Gasteiger charge is 2.32. The van der Waals surface area contributed by atoms with E-state index in [0.29, 0.717) is 44.4 Å². The van der Waals surface area contributed by atoms with Crippen molar-refractivity contribution in [2.75, 3.05) is 31.6 Å². The molecule has 9 heteroatoms. The number of anilines is 2. The molecular formula is C23H22FN5O2S. The Bertz CT molecular complexity index is 1250. The van der Waals surface area contributed by atoms with Crippen LogP contribution < -0.4 is 5.32 Å². The lowest BCUT2D eigenvalue weighted by Gasteiger charge is -2.31. The molecule has 0 saturated carbocycles. The smallest absolute Gasteiger partial charge is 0.226 e. The summed E-state index contributed by atoms with van der Waals surface area (Å²) in [7, 11) is 0. The summed E-state index contributed by atoms with van der Waals surface area (Å²) >= 11 is 1.62. The maximum absolute atomic E-state index is 14.7. The van der Waals surface area contributed by atoms with Gasteiger partial charge in [-0.25, -0.2) is 14.4 Å². The van der Waals surface area contributed by atoms with E-state index in [0.717, 1.165) is 40.6 Å². The number of carbonyl (C=O) groups excluding carboxylic acids is 1. The Hall–Kier alpha value is -2.91. The number of halogens is 1. The molecule has 1 aromatic carbocycles. The predicted octanol–water partition coefficient (Wildman–Crippen LogP) is 3.47. The molecule has 1 amide bonds. The van der Waals surface area contributed by atoms with E-state index in [1.165, 1.54) is 22.8 Å². The molecule has 2 aromatic heterocycles. The van der Waals surface area contributed by atoms with Gasteiger partial charge in [0.15, 0.2) is 0 Å². The van der Waals surface area contributed by atoms with Gasteiger partial charge in [-0.15, -0.1) is 11.3 Å². The first kappa shape index (κ1) is 19.8. The number of benzene rings is 1. The maximum atomic E-state index is 14.7. The van der Waals surface area contributed by atoms with Crippen LogP contribution in [0.1, 0.15) is 28.0 Å². The van der Waals surface area contributed by atoms with Gasteiger partial charge in [0.1, 0.15) is 22.8 Å². The third kappa shape index (κ3) is 3.36. The molecule has 6 rings (SSSR count). The molecule has 3 aromatic rings. The monoisotopic (exact) mass is 451 g/mol. The van der Waals surface area contributed by atoms with Gasteiger partial charge in [0.25, 0.3) is 0 Å². The maximum Gasteiger partial charge on any atom is 0.226 e. The average molecular weight is 452 g/mol. The lowest BCUT2D eigenvalue weighted by Crippen LogP contribution is -2.44. The number of amides is 1. The van der Waals surface area contributed by atoms with Crippen LogP contribution >= 0.6 is 11.3 Å². The lowest BCUT2D eigenvalue weighted by atomic mass is 9.86. The fourth-order valence-electron chi connectivity index (χ4n) is 4.81. The molecule has 3 aliphatic rings. The van der Waals surface area contributed by atoms with Crippen molar-refractivity contribution in [1.29, 1.82) is 0 Å². The highest BCUT2D eigenvalue weighted by Crippen LogP contribution is 2.41. The number of hydrogen-bond acceptors (Lipinski definition) is 7. The second kappa shape index (κ2) is 7.90. The summed E-state index contributed by atoms with van der Waals surface area (Å²) in [4.78, 5) is 30.1. The third-order valence-corrected chi connectivity index (χ3v) is 7.65. The molecule has 0 radical (unpaired) electrons. The number of aliphatic imine (C=N–C) groups is 1. The van der Waals surface area contributed by atoms with Crippen molar-refractivity contribution in [3.63, 3.8) is 0 Å². The van der Waals surface area contributed by atoms with E-state index < -0.39 is 0 Å². The Balaban J connectivity index is 1.30. The fraction of sp³-hybridized carbons (Fsp3) is 0.391. The van der Waals surface area contributed by atoms with Crippen LogP contribution in [0.4, 0.5) is 15.9 Å². The molecule has 164 valence electrons. The quantitative estimate of drug-likeness (QED) is 0.660. The molecule has 1 saturated heterocycles. The molecular weight excluding hydrogens is 429 g/mol. The van der Waals surface area contributed by atoms with E-state index in [4.69, 9.17) is 4.74 Å². The largest absolute Gasteiger partial charge is 0.378 e. The van der Waals surface area contributed by atoms with Gasteiger partial charge in [0.05, 0.1) is 30.8 Å². The molecule has 2 aliphatic heterocycles. The summed E-state index contributed by atoms with van der Waals surface area (Å²) in [6.45, 7) is 3.09. The number of carbonyl (C=O) groups is 1. The van der Waals surface area contributed by atoms with Crippen LogP contribution in [0.2, 0.25) is 0 Å². The minimum atomic E-state index is -0.318. The number of aryl methyl sites for hydroxylation is 1. The summed E-state index contributed by atoms with van der Waals surface area (Å²) in [5.41, 5.74) is 3.39. The predicted molar refractivity (Wildman–Crippen MR) is 121 cm³/mol. The standard InChI is InChI=1S/C23H22FN5O2S/c24-17-7-14-10-25-11-15(14)8-18(17)28-21-20-16-2-1-13(23(30)29-3-5-31-6-4-29)9-19(16)32-22(20)27-12-26-21/h7-8,11-13H,1-6,9-10H2,(H,26,27,28)/t13-/m0/s1. The molecule has 1 N–H and O–H groups in total. The molecule has 1 fully saturated rings. The van der Waals surface area contributed by atoms with E-state index in [1.54, 1.807) is 23.6 Å². The van der Waals surface area contributed by atoms with Crippen molar-refractivity contribution >= 4 is 45.2 Å². The number of aromatic nitrogens is 2. The number of nitrogens with one attached hydrogen (secondary N) is 1. The van der Waals surface area contributed by atoms with Gasteiger partial charge in [-0.2, -0.15) is 0 Å². The lowest BCUT2D eigenvalue weighted by molar-refractivity contribution is -0.140. The summed E-state index contributed by atoms with van der Waals surface area (Å²) in [6, 6.07) is 3.32. The molecule has 7 nitrogen and oxygen atoms in total. The van der Waals surface area contributed by atoms with Gasteiger partial charge in [-0.05, 0) is 48.1 Å². The van der Waals surface area contributed by atoms with Crippen molar-refractivity contribution in [3.8, 4) is 0 Å². The van der Waals surface area contributed by atoms with Gasteiger partial charge < -0.3 is 15.0 Å². The first-order chi connectivity index (χ1) is 15.7. The van der Waals surface area contributed by atoms with E-state index >= 15 is 0 Å². The van der Waals surface area contributed by atoms with E-state index in [9.17, 15) is 9.18 Å². The van der Waals surface area contributed by atoms with E-state index in [2.05, 4.69) is 20.3 Å². The number of nitrogens with zero attached hydrogens (tertiary/aromatic N) is 4. The second-order valence-corrected chi connectivity index (χ2v) is 9.49. The molecule has 1 atom stereocenters. The van der Waals surface area contributed by atoms with Crippen molar-refractivity contribution in [3.05, 3.63) is 45.8 Å². The summed E-state index contributed by atoms with van der Waals surface area (Å²) in [6.07, 6.45) is 5.59. The van der Waals surface area contributed by atoms with Gasteiger partial charge in [0.2, 0.25) is 5.91 Å². The minimum Gasteiger partial charge on any atom is -0.378 e. The van der Waals surface area contributed by atoms with E-state index in [1.807, 2.05) is 4.90 Å². The average Bonchev–Trinajstić information content (AvgIpc) is 3.43. The molecule has 0 spiro atoms. The Kier molecular flexibility index (Phi) is 4.87. The van der Waals surface area contributed by atoms with Crippen molar-refractivity contribution in [1.82, 2.24) is 14.9 Å². The van der Waals surface area contributed by atoms with Gasteiger partial charge >= 0.3 is 0 Å². The Morgan fingerprint density at radius 1 is 1.25 bits per heavy atom. The first-order valence-electron chi connectivity index (χ1n) is 10.9. The molecule has 0 unspecified atom stereocenters. The van der Waals surface area contributed by atoms with Crippen molar-refractivity contribution < 1.29 is 13.9 Å². The first-order valence-corrected chi connectivity index (χ1v) is 11.7. The van der Waals surface area contributed by atoms with Crippen molar-refractivity contribution in [2.24, 2.45) is 10.9 Å². The number of morpholine rings is 1. The second-order valence-electron chi connectivity index (χ2n) is 8.41. The molecule has 0 bridgehead atoms. The van der Waals surface area contributed by atoms with Crippen LogP contribution in [0.5, 0.6) is 0 Å². The SMILES string of the molecule is O=C([C@H]1CCc2c(sc3ncnc(Nc4cc5c(cc4F)CN=C5)c23)C1)N1CCOCC1. The normalized spacial score (nSPS) is 19.8. The summed E-state index contributed by atoms with van der Waals surface area (Å²) in [5.74, 6) is 0.509. The summed E-state index contributed by atoms with van der Waals surface area (Å²) < 4.78 is 20.1. The molecule has 4 heterocycles. The minimum absolute atomic E-state index is 0.00790. The van der Waals surface area contributed by atoms with Gasteiger partial charge in [0, 0.05) is 30.1 Å². The van der Waals surface area contributed by atoms with Crippen LogP contribution in [0.3, 0.4) is 0 Å². The zero-order valence-electron chi connectivity index (χ0n) is 17.4.